The quantitative estimate of drug-likeness (QED) is 0.664. The molecule has 3 aromatic rings. The minimum atomic E-state index is -0.611. The van der Waals surface area contributed by atoms with Crippen molar-refractivity contribution in [3.63, 3.8) is 0 Å². The molecule has 122 valence electrons. The number of carbonyl (C=O) groups is 1. The molecule has 0 spiro atoms. The number of hydrogen-bond acceptors (Lipinski definition) is 5. The maximum absolute atomic E-state index is 12.6. The van der Waals surface area contributed by atoms with Crippen LogP contribution in [0.3, 0.4) is 0 Å². The van der Waals surface area contributed by atoms with Gasteiger partial charge in [0, 0.05) is 22.8 Å². The summed E-state index contributed by atoms with van der Waals surface area (Å²) in [6, 6.07) is 5.86. The number of nitrogens with one attached hydrogen (secondary N) is 1. The third-order valence-corrected chi connectivity index (χ3v) is 4.11. The fourth-order valence-electron chi connectivity index (χ4n) is 2.43. The average molecular weight is 390 g/mol. The Labute approximate surface area is 143 Å². The van der Waals surface area contributed by atoms with Gasteiger partial charge in [0.1, 0.15) is 11.4 Å². The van der Waals surface area contributed by atoms with E-state index < -0.39 is 17.0 Å². The van der Waals surface area contributed by atoms with Gasteiger partial charge in [-0.15, -0.1) is 0 Å². The molecule has 0 aliphatic rings. The molecule has 0 saturated heterocycles. The number of phenolic OH excluding ortho intramolecular Hbond substituents is 1. The van der Waals surface area contributed by atoms with Crippen molar-refractivity contribution in [1.82, 2.24) is 14.5 Å². The molecule has 0 aliphatic heterocycles. The van der Waals surface area contributed by atoms with Gasteiger partial charge in [0.05, 0.1) is 10.9 Å². The molecule has 0 fully saturated rings. The van der Waals surface area contributed by atoms with Crippen LogP contribution in [0.15, 0.2) is 44.5 Å². The minimum absolute atomic E-state index is 0.0887. The van der Waals surface area contributed by atoms with Crippen LogP contribution >= 0.6 is 15.9 Å². The number of fused-ring (bicyclic) bond motifs is 1. The van der Waals surface area contributed by atoms with Crippen LogP contribution < -0.4 is 11.2 Å². The van der Waals surface area contributed by atoms with Crippen LogP contribution in [-0.2, 0) is 6.54 Å². The first-order valence-corrected chi connectivity index (χ1v) is 7.87. The highest BCUT2D eigenvalue weighted by atomic mass is 79.9. The number of rotatable bonds is 3. The summed E-state index contributed by atoms with van der Waals surface area (Å²) in [4.78, 5) is 42.7. The highest BCUT2D eigenvalue weighted by molar-refractivity contribution is 9.10. The molecule has 0 amide bonds. The predicted molar refractivity (Wildman–Crippen MR) is 91.5 cm³/mol. The number of phenols is 1. The van der Waals surface area contributed by atoms with Crippen LogP contribution in [-0.4, -0.2) is 25.4 Å². The van der Waals surface area contributed by atoms with Crippen LogP contribution in [0, 0.1) is 0 Å². The van der Waals surface area contributed by atoms with Gasteiger partial charge in [-0.25, -0.2) is 9.78 Å². The van der Waals surface area contributed by atoms with Gasteiger partial charge in [0.2, 0.25) is 0 Å². The zero-order valence-electron chi connectivity index (χ0n) is 12.5. The van der Waals surface area contributed by atoms with E-state index >= 15 is 0 Å². The highest BCUT2D eigenvalue weighted by Gasteiger charge is 2.17. The van der Waals surface area contributed by atoms with E-state index in [-0.39, 0.29) is 27.9 Å². The number of benzene rings is 1. The van der Waals surface area contributed by atoms with Crippen molar-refractivity contribution in [2.75, 3.05) is 0 Å². The summed E-state index contributed by atoms with van der Waals surface area (Å²) in [6.45, 7) is 2.08. The predicted octanol–water partition coefficient (Wildman–Crippen LogP) is 1.80. The van der Waals surface area contributed by atoms with E-state index in [1.807, 2.05) is 0 Å². The Balaban J connectivity index is 2.22. The molecule has 24 heavy (non-hydrogen) atoms. The van der Waals surface area contributed by atoms with Crippen molar-refractivity contribution in [3.05, 3.63) is 66.9 Å². The maximum Gasteiger partial charge on any atom is 0.329 e. The van der Waals surface area contributed by atoms with E-state index in [4.69, 9.17) is 0 Å². The Morgan fingerprint density at radius 3 is 2.79 bits per heavy atom. The van der Waals surface area contributed by atoms with Crippen molar-refractivity contribution in [1.29, 1.82) is 0 Å². The molecule has 3 rings (SSSR count). The molecule has 7 nitrogen and oxygen atoms in total. The van der Waals surface area contributed by atoms with Crippen LogP contribution in [0.5, 0.6) is 5.75 Å². The van der Waals surface area contributed by atoms with Crippen molar-refractivity contribution in [2.24, 2.45) is 0 Å². The largest absolute Gasteiger partial charge is 0.507 e. The molecule has 0 unspecified atom stereocenters. The topological polar surface area (TPSA) is 105 Å². The monoisotopic (exact) mass is 389 g/mol. The van der Waals surface area contributed by atoms with Gasteiger partial charge in [-0.05, 0) is 31.2 Å². The SMILES string of the molecule is CCn1c(=O)[nH]c(=O)c2cc(C(=O)c3cc(Br)ccc3O)cnc21. The van der Waals surface area contributed by atoms with Crippen LogP contribution in [0.4, 0.5) is 0 Å². The van der Waals surface area contributed by atoms with E-state index in [9.17, 15) is 19.5 Å². The fourth-order valence-corrected chi connectivity index (χ4v) is 2.79. The maximum atomic E-state index is 12.6. The molecule has 0 saturated carbocycles. The first-order valence-electron chi connectivity index (χ1n) is 7.08. The first kappa shape index (κ1) is 16.1. The van der Waals surface area contributed by atoms with E-state index in [2.05, 4.69) is 25.9 Å². The zero-order valence-corrected chi connectivity index (χ0v) is 14.1. The molecule has 2 aromatic heterocycles. The molecule has 0 atom stereocenters. The Bertz CT molecular complexity index is 1080. The number of aromatic nitrogens is 3. The number of H-pyrrole nitrogens is 1. The van der Waals surface area contributed by atoms with Gasteiger partial charge in [0.25, 0.3) is 5.56 Å². The van der Waals surface area contributed by atoms with Crippen LogP contribution in [0.25, 0.3) is 11.0 Å². The number of aromatic amines is 1. The number of pyridine rings is 1. The zero-order chi connectivity index (χ0) is 17.4. The van der Waals surface area contributed by atoms with Crippen molar-refractivity contribution in [3.8, 4) is 5.75 Å². The third-order valence-electron chi connectivity index (χ3n) is 3.61. The fraction of sp³-hybridized carbons (Fsp3) is 0.125. The Morgan fingerprint density at radius 1 is 1.33 bits per heavy atom. The number of nitrogens with zero attached hydrogens (tertiary/aromatic N) is 2. The van der Waals surface area contributed by atoms with E-state index in [0.717, 1.165) is 0 Å². The summed E-state index contributed by atoms with van der Waals surface area (Å²) >= 11 is 3.24. The second-order valence-corrected chi connectivity index (χ2v) is 6.00. The summed E-state index contributed by atoms with van der Waals surface area (Å²) in [5.74, 6) is -0.646. The second-order valence-electron chi connectivity index (χ2n) is 5.09. The Kier molecular flexibility index (Phi) is 4.06. The van der Waals surface area contributed by atoms with Crippen molar-refractivity contribution >= 4 is 32.7 Å². The summed E-state index contributed by atoms with van der Waals surface area (Å²) in [5.41, 5.74) is -0.721. The molecule has 0 radical (unpaired) electrons. The second kappa shape index (κ2) is 6.04. The molecular weight excluding hydrogens is 378 g/mol. The van der Waals surface area contributed by atoms with E-state index in [0.29, 0.717) is 11.0 Å². The summed E-state index contributed by atoms with van der Waals surface area (Å²) in [7, 11) is 0. The molecule has 8 heteroatoms. The van der Waals surface area contributed by atoms with Gasteiger partial charge in [-0.2, -0.15) is 0 Å². The van der Waals surface area contributed by atoms with Crippen LogP contribution in [0.1, 0.15) is 22.8 Å². The van der Waals surface area contributed by atoms with Gasteiger partial charge < -0.3 is 5.11 Å². The number of ketones is 1. The van der Waals surface area contributed by atoms with Crippen LogP contribution in [0.2, 0.25) is 0 Å². The number of aryl methyl sites for hydroxylation is 1. The highest BCUT2D eigenvalue weighted by Crippen LogP contribution is 2.24. The standard InChI is InChI=1S/C16H12BrN3O4/c1-2-20-14-11(15(23)19-16(20)24)5-8(7-18-14)13(22)10-6-9(17)3-4-12(10)21/h3-7,21H,2H2,1H3,(H,19,23,24). The van der Waals surface area contributed by atoms with E-state index in [1.54, 1.807) is 13.0 Å². The third kappa shape index (κ3) is 2.65. The number of aromatic hydroxyl groups is 1. The summed E-state index contributed by atoms with van der Waals surface area (Å²) in [5, 5.41) is 10.0. The summed E-state index contributed by atoms with van der Waals surface area (Å²) in [6.07, 6.45) is 1.29. The number of halogens is 1. The minimum Gasteiger partial charge on any atom is -0.507 e. The number of carbonyl (C=O) groups excluding carboxylic acids is 1. The molecule has 1 aromatic carbocycles. The first-order chi connectivity index (χ1) is 11.4. The molecular formula is C16H12BrN3O4. The molecule has 0 aliphatic carbocycles. The van der Waals surface area contributed by atoms with Crippen molar-refractivity contribution < 1.29 is 9.90 Å². The average Bonchev–Trinajstić information content (AvgIpc) is 2.56. The molecule has 0 bridgehead atoms. The summed E-state index contributed by atoms with van der Waals surface area (Å²) < 4.78 is 1.94. The Morgan fingerprint density at radius 2 is 2.08 bits per heavy atom. The lowest BCUT2D eigenvalue weighted by molar-refractivity contribution is 0.103. The normalized spacial score (nSPS) is 10.9. The number of hydrogen-bond donors (Lipinski definition) is 2. The van der Waals surface area contributed by atoms with Crippen molar-refractivity contribution in [2.45, 2.75) is 13.5 Å². The lowest BCUT2D eigenvalue weighted by Gasteiger charge is -2.08. The smallest absolute Gasteiger partial charge is 0.329 e. The van der Waals surface area contributed by atoms with Gasteiger partial charge in [0.15, 0.2) is 5.78 Å². The molecule has 2 heterocycles. The van der Waals surface area contributed by atoms with E-state index in [1.165, 1.54) is 29.0 Å². The van der Waals surface area contributed by atoms with Gasteiger partial charge in [-0.3, -0.25) is 19.1 Å². The lowest BCUT2D eigenvalue weighted by atomic mass is 10.0. The van der Waals surface area contributed by atoms with Gasteiger partial charge in [-0.1, -0.05) is 15.9 Å². The molecule has 2 N–H and O–H groups in total. The lowest BCUT2D eigenvalue weighted by Crippen LogP contribution is -2.30. The Hall–Kier alpha value is -2.74. The van der Waals surface area contributed by atoms with Gasteiger partial charge >= 0.3 is 5.69 Å².